The zero-order valence-corrected chi connectivity index (χ0v) is 15.8. The summed E-state index contributed by atoms with van der Waals surface area (Å²) in [6.07, 6.45) is -7.16. The second-order valence-electron chi connectivity index (χ2n) is 7.35. The van der Waals surface area contributed by atoms with Crippen molar-refractivity contribution in [3.8, 4) is 11.5 Å². The molecule has 0 saturated carbocycles. The van der Waals surface area contributed by atoms with Crippen LogP contribution in [-0.4, -0.2) is 62.8 Å². The van der Waals surface area contributed by atoms with Crippen LogP contribution >= 0.6 is 0 Å². The van der Waals surface area contributed by atoms with Crippen LogP contribution in [0.4, 0.5) is 0 Å². The van der Waals surface area contributed by atoms with Crippen molar-refractivity contribution in [3.63, 3.8) is 0 Å². The van der Waals surface area contributed by atoms with Crippen LogP contribution in [0.5, 0.6) is 11.5 Å². The quantitative estimate of drug-likeness (QED) is 0.291. The smallest absolute Gasteiger partial charge is 0.348 e. The number of aliphatic hydroxyl groups is 4. The molecule has 10 nitrogen and oxygen atoms in total. The molecule has 162 valence electrons. The van der Waals surface area contributed by atoms with Gasteiger partial charge in [-0.25, -0.2) is 4.79 Å². The summed E-state index contributed by atoms with van der Waals surface area (Å²) in [4.78, 5) is 12.6. The molecule has 10 heteroatoms. The second-order valence-corrected chi connectivity index (χ2v) is 7.35. The lowest BCUT2D eigenvalue weighted by Gasteiger charge is -2.39. The van der Waals surface area contributed by atoms with E-state index in [1.807, 2.05) is 0 Å². The van der Waals surface area contributed by atoms with Gasteiger partial charge in [-0.1, -0.05) is 0 Å². The molecular weight excluding hydrogens is 412 g/mol. The Kier molecular flexibility index (Phi) is 4.61. The number of benzene rings is 2. The van der Waals surface area contributed by atoms with Gasteiger partial charge < -0.3 is 43.8 Å². The summed E-state index contributed by atoms with van der Waals surface area (Å²) in [6, 6.07) is 8.91. The fourth-order valence-corrected chi connectivity index (χ4v) is 3.78. The largest absolute Gasteiger partial charge is 0.508 e. The normalized spacial score (nSPS) is 26.6. The number of phenols is 1. The Morgan fingerprint density at radius 1 is 0.903 bits per heavy atom. The summed E-state index contributed by atoms with van der Waals surface area (Å²) < 4.78 is 22.1. The van der Waals surface area contributed by atoms with Crippen LogP contribution in [0.15, 0.2) is 50.0 Å². The average molecular weight is 430 g/mol. The van der Waals surface area contributed by atoms with Gasteiger partial charge in [0.1, 0.15) is 52.5 Å². The van der Waals surface area contributed by atoms with E-state index < -0.39 is 42.9 Å². The third kappa shape index (κ3) is 3.12. The van der Waals surface area contributed by atoms with Crippen LogP contribution < -0.4 is 10.4 Å². The lowest BCUT2D eigenvalue weighted by Crippen LogP contribution is -2.60. The maximum absolute atomic E-state index is 12.6. The fourth-order valence-electron chi connectivity index (χ4n) is 3.78. The Labute approximate surface area is 173 Å². The van der Waals surface area contributed by atoms with Crippen molar-refractivity contribution in [1.29, 1.82) is 0 Å². The molecule has 1 aliphatic heterocycles. The molecule has 0 aliphatic carbocycles. The van der Waals surface area contributed by atoms with Gasteiger partial charge in [0, 0.05) is 17.5 Å². The van der Waals surface area contributed by atoms with Gasteiger partial charge in [0.15, 0.2) is 5.58 Å². The molecule has 0 radical (unpaired) electrons. The number of fused-ring (bicyclic) bond motifs is 5. The van der Waals surface area contributed by atoms with E-state index in [1.165, 1.54) is 24.3 Å². The molecule has 3 heterocycles. The lowest BCUT2D eigenvalue weighted by molar-refractivity contribution is -0.277. The van der Waals surface area contributed by atoms with E-state index >= 15 is 0 Å². The number of hydrogen-bond acceptors (Lipinski definition) is 10. The van der Waals surface area contributed by atoms with Crippen molar-refractivity contribution in [2.45, 2.75) is 30.7 Å². The fraction of sp³-hybridized carbons (Fsp3) is 0.286. The molecule has 31 heavy (non-hydrogen) atoms. The monoisotopic (exact) mass is 430 g/mol. The highest BCUT2D eigenvalue weighted by atomic mass is 16.7. The van der Waals surface area contributed by atoms with Crippen LogP contribution in [0.25, 0.3) is 32.9 Å². The minimum Gasteiger partial charge on any atom is -0.508 e. The standard InChI is InChI=1S/C21H18O10/c22-7-14-16(24)17(25)18(26)21(31-14)28-9-2-4-11-13(6-9)30-20(27)15-10-3-1-8(23)5-12(10)29-19(11)15/h1-6,14,16-18,21-26H,7H2/t14-,16+,17+,18-,21-/m1/s1. The molecule has 5 rings (SSSR count). The highest BCUT2D eigenvalue weighted by Crippen LogP contribution is 2.35. The van der Waals surface area contributed by atoms with Crippen LogP contribution in [0.3, 0.4) is 0 Å². The Morgan fingerprint density at radius 3 is 2.42 bits per heavy atom. The van der Waals surface area contributed by atoms with E-state index in [-0.39, 0.29) is 28.1 Å². The average Bonchev–Trinajstić information content (AvgIpc) is 3.13. The van der Waals surface area contributed by atoms with E-state index in [4.69, 9.17) is 18.3 Å². The van der Waals surface area contributed by atoms with E-state index in [0.29, 0.717) is 16.4 Å². The molecule has 0 bridgehead atoms. The van der Waals surface area contributed by atoms with Crippen molar-refractivity contribution in [2.75, 3.05) is 6.61 Å². The summed E-state index contributed by atoms with van der Waals surface area (Å²) >= 11 is 0. The van der Waals surface area contributed by atoms with Gasteiger partial charge in [0.05, 0.1) is 12.0 Å². The van der Waals surface area contributed by atoms with Gasteiger partial charge in [0.2, 0.25) is 6.29 Å². The minimum absolute atomic E-state index is 0.00420. The molecule has 4 aromatic rings. The van der Waals surface area contributed by atoms with Crippen LogP contribution in [-0.2, 0) is 4.74 Å². The summed E-state index contributed by atoms with van der Waals surface area (Å²) in [5, 5.41) is 50.1. The number of furan rings is 1. The SMILES string of the molecule is O=c1oc2cc(O[C@@H]3O[C@H](CO)[C@H](O)[C@H](O)[C@H]3O)ccc2c2oc3cc(O)ccc3c12. The Balaban J connectivity index is 1.55. The Bertz CT molecular complexity index is 1340. The van der Waals surface area contributed by atoms with Gasteiger partial charge in [-0.2, -0.15) is 0 Å². The van der Waals surface area contributed by atoms with E-state index in [0.717, 1.165) is 0 Å². The molecule has 0 spiro atoms. The third-order valence-electron chi connectivity index (χ3n) is 5.38. The maximum atomic E-state index is 12.6. The van der Waals surface area contributed by atoms with Gasteiger partial charge in [0.25, 0.3) is 0 Å². The predicted molar refractivity (Wildman–Crippen MR) is 106 cm³/mol. The zero-order chi connectivity index (χ0) is 21.9. The van der Waals surface area contributed by atoms with E-state index in [9.17, 15) is 30.3 Å². The lowest BCUT2D eigenvalue weighted by atomic mass is 9.99. The molecule has 1 fully saturated rings. The molecule has 0 unspecified atom stereocenters. The Hall–Kier alpha value is -3.15. The number of aliphatic hydroxyl groups excluding tert-OH is 4. The molecule has 1 aliphatic rings. The summed E-state index contributed by atoms with van der Waals surface area (Å²) in [5.41, 5.74) is 0.113. The maximum Gasteiger partial charge on any atom is 0.348 e. The first-order valence-electron chi connectivity index (χ1n) is 9.46. The van der Waals surface area contributed by atoms with Crippen LogP contribution in [0.2, 0.25) is 0 Å². The molecule has 2 aromatic heterocycles. The number of aromatic hydroxyl groups is 1. The van der Waals surface area contributed by atoms with Crippen molar-refractivity contribution in [2.24, 2.45) is 0 Å². The first-order chi connectivity index (χ1) is 14.9. The zero-order valence-electron chi connectivity index (χ0n) is 15.8. The Morgan fingerprint density at radius 2 is 1.65 bits per heavy atom. The molecule has 1 saturated heterocycles. The molecular formula is C21H18O10. The second kappa shape index (κ2) is 7.22. The van der Waals surface area contributed by atoms with Crippen LogP contribution in [0.1, 0.15) is 0 Å². The predicted octanol–water partition coefficient (Wildman–Crippen LogP) is 0.577. The first kappa shape index (κ1) is 19.8. The summed E-state index contributed by atoms with van der Waals surface area (Å²) in [5.74, 6) is 0.142. The summed E-state index contributed by atoms with van der Waals surface area (Å²) in [7, 11) is 0. The van der Waals surface area contributed by atoms with Gasteiger partial charge in [-0.3, -0.25) is 0 Å². The highest BCUT2D eigenvalue weighted by Gasteiger charge is 2.44. The number of rotatable bonds is 3. The van der Waals surface area contributed by atoms with E-state index in [2.05, 4.69) is 0 Å². The van der Waals surface area contributed by atoms with Crippen molar-refractivity contribution >= 4 is 32.9 Å². The molecule has 5 atom stereocenters. The third-order valence-corrected chi connectivity index (χ3v) is 5.38. The van der Waals surface area contributed by atoms with Crippen molar-refractivity contribution in [3.05, 3.63) is 46.8 Å². The van der Waals surface area contributed by atoms with Crippen molar-refractivity contribution in [1.82, 2.24) is 0 Å². The van der Waals surface area contributed by atoms with Crippen LogP contribution in [0, 0.1) is 0 Å². The summed E-state index contributed by atoms with van der Waals surface area (Å²) in [6.45, 7) is -0.586. The minimum atomic E-state index is -1.58. The van der Waals surface area contributed by atoms with Gasteiger partial charge in [-0.15, -0.1) is 0 Å². The topological polar surface area (TPSA) is 163 Å². The highest BCUT2D eigenvalue weighted by molar-refractivity contribution is 6.13. The number of phenolic OH excluding ortho intramolecular Hbond substituents is 1. The van der Waals surface area contributed by atoms with Crippen molar-refractivity contribution < 1.29 is 43.8 Å². The van der Waals surface area contributed by atoms with Gasteiger partial charge in [-0.05, 0) is 24.3 Å². The molecule has 2 aromatic carbocycles. The first-order valence-corrected chi connectivity index (χ1v) is 9.46. The molecule has 5 N–H and O–H groups in total. The number of hydrogen-bond donors (Lipinski definition) is 5. The number of ether oxygens (including phenoxy) is 2. The molecule has 0 amide bonds. The van der Waals surface area contributed by atoms with Gasteiger partial charge >= 0.3 is 5.63 Å². The van der Waals surface area contributed by atoms with E-state index in [1.54, 1.807) is 12.1 Å².